The number of esters is 1. The zero-order chi connectivity index (χ0) is 15.2. The van der Waals surface area contributed by atoms with Crippen LogP contribution >= 0.6 is 20.8 Å². The fourth-order valence-corrected chi connectivity index (χ4v) is 2.21. The van der Waals surface area contributed by atoms with E-state index in [0.717, 1.165) is 6.42 Å². The van der Waals surface area contributed by atoms with Crippen molar-refractivity contribution in [2.24, 2.45) is 0 Å². The van der Waals surface area contributed by atoms with E-state index in [-0.39, 0.29) is 18.9 Å². The molecule has 0 spiro atoms. The zero-order valence-electron chi connectivity index (χ0n) is 11.6. The fraction of sp³-hybridized carbons (Fsp3) is 0.188. The van der Waals surface area contributed by atoms with Crippen LogP contribution in [0.2, 0.25) is 5.02 Å². The van der Waals surface area contributed by atoms with Crippen molar-refractivity contribution >= 4 is 51.0 Å². The SMILES string of the molecule is CCCOc1cc(Cl)c(P)c(C(=O)Oc2ccccc2)c1.[LiH]. The average molecular weight is 331 g/mol. The van der Waals surface area contributed by atoms with E-state index in [0.29, 0.717) is 34.0 Å². The van der Waals surface area contributed by atoms with Gasteiger partial charge in [-0.25, -0.2) is 4.79 Å². The third-order valence-electron chi connectivity index (χ3n) is 2.75. The summed E-state index contributed by atoms with van der Waals surface area (Å²) < 4.78 is 10.9. The minimum absolute atomic E-state index is 0. The van der Waals surface area contributed by atoms with Gasteiger partial charge in [0, 0.05) is 5.30 Å². The summed E-state index contributed by atoms with van der Waals surface area (Å²) in [5.41, 5.74) is 0.377. The molecule has 0 aromatic heterocycles. The van der Waals surface area contributed by atoms with Gasteiger partial charge in [-0.3, -0.25) is 0 Å². The molecule has 0 heterocycles. The van der Waals surface area contributed by atoms with Crippen LogP contribution in [0.1, 0.15) is 23.7 Å². The summed E-state index contributed by atoms with van der Waals surface area (Å²) in [6.07, 6.45) is 0.879. The summed E-state index contributed by atoms with van der Waals surface area (Å²) in [4.78, 5) is 12.3. The van der Waals surface area contributed by atoms with Crippen LogP contribution in [0, 0.1) is 0 Å². The first-order valence-corrected chi connectivity index (χ1v) is 7.56. The van der Waals surface area contributed by atoms with E-state index >= 15 is 0 Å². The second-order valence-electron chi connectivity index (χ2n) is 4.42. The summed E-state index contributed by atoms with van der Waals surface area (Å²) in [6.45, 7) is 2.58. The minimum atomic E-state index is -0.463. The zero-order valence-corrected chi connectivity index (χ0v) is 13.5. The van der Waals surface area contributed by atoms with Crippen molar-refractivity contribution in [3.8, 4) is 11.5 Å². The van der Waals surface area contributed by atoms with Crippen LogP contribution in [0.4, 0.5) is 0 Å². The molecule has 0 N–H and O–H groups in total. The third-order valence-corrected chi connectivity index (χ3v) is 3.87. The van der Waals surface area contributed by atoms with Crippen molar-refractivity contribution in [2.75, 3.05) is 6.61 Å². The summed E-state index contributed by atoms with van der Waals surface area (Å²) in [6, 6.07) is 12.2. The van der Waals surface area contributed by atoms with Gasteiger partial charge in [0.2, 0.25) is 0 Å². The van der Waals surface area contributed by atoms with Gasteiger partial charge in [0.25, 0.3) is 0 Å². The molecule has 0 fully saturated rings. The summed E-state index contributed by atoms with van der Waals surface area (Å²) in [5, 5.41) is 1.05. The number of benzene rings is 2. The molecule has 0 saturated carbocycles. The molecule has 22 heavy (non-hydrogen) atoms. The Labute approximate surface area is 149 Å². The van der Waals surface area contributed by atoms with E-state index in [4.69, 9.17) is 21.1 Å². The monoisotopic (exact) mass is 330 g/mol. The van der Waals surface area contributed by atoms with Crippen molar-refractivity contribution in [3.05, 3.63) is 53.1 Å². The second kappa shape index (κ2) is 9.23. The van der Waals surface area contributed by atoms with E-state index in [1.54, 1.807) is 36.4 Å². The summed E-state index contributed by atoms with van der Waals surface area (Å²) >= 11 is 6.14. The molecule has 112 valence electrons. The molecular formula is C16H17ClLiO3P. The van der Waals surface area contributed by atoms with E-state index in [1.807, 2.05) is 13.0 Å². The fourth-order valence-electron chi connectivity index (χ4n) is 1.72. The Bertz CT molecular complexity index is 635. The molecule has 2 aromatic carbocycles. The van der Waals surface area contributed by atoms with Crippen LogP contribution in [0.15, 0.2) is 42.5 Å². The van der Waals surface area contributed by atoms with Crippen molar-refractivity contribution in [1.29, 1.82) is 0 Å². The Morgan fingerprint density at radius 3 is 2.50 bits per heavy atom. The number of hydrogen-bond acceptors (Lipinski definition) is 3. The van der Waals surface area contributed by atoms with Gasteiger partial charge < -0.3 is 9.47 Å². The maximum absolute atomic E-state index is 12.3. The van der Waals surface area contributed by atoms with Crippen LogP contribution < -0.4 is 14.8 Å². The van der Waals surface area contributed by atoms with Crippen molar-refractivity contribution in [2.45, 2.75) is 13.3 Å². The standard InChI is InChI=1S/C16H16ClO3P.Li.H/c1-2-8-19-12-9-13(15(21)14(17)10-12)16(18)20-11-6-4-3-5-7-11;;/h3-7,9-10H,2,8,21H2,1H3;;. The molecule has 3 nitrogen and oxygen atoms in total. The Hall–Kier alpha value is -0.973. The Morgan fingerprint density at radius 2 is 1.86 bits per heavy atom. The van der Waals surface area contributed by atoms with Gasteiger partial charge in [0.05, 0.1) is 17.2 Å². The molecule has 6 heteroatoms. The molecule has 2 aromatic rings. The number of hydrogen-bond donors (Lipinski definition) is 0. The first kappa shape index (κ1) is 19.1. The Kier molecular flexibility index (Phi) is 8.00. The van der Waals surface area contributed by atoms with Crippen molar-refractivity contribution < 1.29 is 14.3 Å². The first-order valence-electron chi connectivity index (χ1n) is 6.61. The number of halogens is 1. The molecule has 0 aliphatic carbocycles. The number of ether oxygens (including phenoxy) is 2. The molecule has 1 atom stereocenters. The average Bonchev–Trinajstić information content (AvgIpc) is 2.49. The molecule has 0 amide bonds. The molecule has 0 aliphatic heterocycles. The maximum atomic E-state index is 12.3. The van der Waals surface area contributed by atoms with Crippen molar-refractivity contribution in [1.82, 2.24) is 0 Å². The Morgan fingerprint density at radius 1 is 1.18 bits per heavy atom. The Balaban J connectivity index is 0.00000242. The molecule has 2 rings (SSSR count). The molecule has 0 aliphatic rings. The van der Waals surface area contributed by atoms with Gasteiger partial charge in [0.15, 0.2) is 0 Å². The molecule has 0 saturated heterocycles. The number of rotatable bonds is 5. The summed E-state index contributed by atoms with van der Waals surface area (Å²) in [7, 11) is 2.46. The van der Waals surface area contributed by atoms with Crippen LogP contribution in [-0.4, -0.2) is 31.4 Å². The molecule has 1 unspecified atom stereocenters. The van der Waals surface area contributed by atoms with Gasteiger partial charge in [-0.2, -0.15) is 0 Å². The molecule has 0 radical (unpaired) electrons. The number of carbonyl (C=O) groups is 1. The summed E-state index contributed by atoms with van der Waals surface area (Å²) in [5.74, 6) is 0.589. The predicted octanol–water partition coefficient (Wildman–Crippen LogP) is 3.20. The first-order chi connectivity index (χ1) is 10.1. The quantitative estimate of drug-likeness (QED) is 0.365. The van der Waals surface area contributed by atoms with Gasteiger partial charge in [-0.05, 0) is 30.7 Å². The van der Waals surface area contributed by atoms with Crippen LogP contribution in [0.5, 0.6) is 11.5 Å². The topological polar surface area (TPSA) is 35.5 Å². The van der Waals surface area contributed by atoms with Gasteiger partial charge in [-0.1, -0.05) is 36.7 Å². The van der Waals surface area contributed by atoms with Gasteiger partial charge in [-0.15, -0.1) is 9.24 Å². The van der Waals surface area contributed by atoms with Gasteiger partial charge in [0.1, 0.15) is 11.5 Å². The second-order valence-corrected chi connectivity index (χ2v) is 5.40. The molecule has 0 bridgehead atoms. The third kappa shape index (κ3) is 5.04. The number of carbonyl (C=O) groups excluding carboxylic acids is 1. The predicted molar refractivity (Wildman–Crippen MR) is 95.1 cm³/mol. The van der Waals surface area contributed by atoms with Crippen LogP contribution in [0.3, 0.4) is 0 Å². The van der Waals surface area contributed by atoms with E-state index < -0.39 is 5.97 Å². The molecular weight excluding hydrogens is 314 g/mol. The number of para-hydroxylation sites is 1. The van der Waals surface area contributed by atoms with Crippen LogP contribution in [-0.2, 0) is 0 Å². The van der Waals surface area contributed by atoms with E-state index in [2.05, 4.69) is 9.24 Å². The normalized spacial score (nSPS) is 9.77. The van der Waals surface area contributed by atoms with E-state index in [1.165, 1.54) is 0 Å². The van der Waals surface area contributed by atoms with Crippen LogP contribution in [0.25, 0.3) is 0 Å². The van der Waals surface area contributed by atoms with Gasteiger partial charge >= 0.3 is 24.8 Å². The van der Waals surface area contributed by atoms with E-state index in [9.17, 15) is 4.79 Å². The van der Waals surface area contributed by atoms with Crippen molar-refractivity contribution in [3.63, 3.8) is 0 Å².